The van der Waals surface area contributed by atoms with E-state index in [2.05, 4.69) is 9.47 Å². The van der Waals surface area contributed by atoms with Gasteiger partial charge in [-0.15, -0.1) is 8.78 Å². The molecular weight excluding hydrogens is 256 g/mol. The zero-order valence-electron chi connectivity index (χ0n) is 10.3. The van der Waals surface area contributed by atoms with Crippen molar-refractivity contribution in [2.24, 2.45) is 11.7 Å². The Morgan fingerprint density at radius 3 is 2.58 bits per heavy atom. The lowest BCUT2D eigenvalue weighted by Gasteiger charge is -2.27. The smallest absolute Gasteiger partial charge is 0.395 e. The molecule has 0 spiro atoms. The molecule has 0 saturated carbocycles. The molecule has 19 heavy (non-hydrogen) atoms. The average molecular weight is 271 g/mol. The van der Waals surface area contributed by atoms with Crippen molar-refractivity contribution in [2.45, 2.75) is 25.2 Å². The summed E-state index contributed by atoms with van der Waals surface area (Å²) in [4.78, 5) is 0. The van der Waals surface area contributed by atoms with Crippen LogP contribution in [0.2, 0.25) is 0 Å². The predicted octanol–water partition coefficient (Wildman–Crippen LogP) is 2.43. The number of rotatable bonds is 2. The fourth-order valence-corrected chi connectivity index (χ4v) is 2.52. The van der Waals surface area contributed by atoms with Crippen LogP contribution < -0.4 is 15.2 Å². The molecule has 2 N–H and O–H groups in total. The van der Waals surface area contributed by atoms with Gasteiger partial charge in [0.05, 0.1) is 0 Å². The van der Waals surface area contributed by atoms with E-state index in [1.807, 2.05) is 0 Å². The van der Waals surface area contributed by atoms with Crippen molar-refractivity contribution in [3.8, 4) is 11.5 Å². The van der Waals surface area contributed by atoms with Gasteiger partial charge in [-0.25, -0.2) is 0 Å². The summed E-state index contributed by atoms with van der Waals surface area (Å²) in [6.07, 6.45) is -1.82. The molecule has 0 bridgehead atoms. The molecule has 0 amide bonds. The standard InChI is InChI=1S/C13H15F2NO3/c14-13(15)18-10-2-1-9(7-11(10)19-13)12(16)8-3-5-17-6-4-8/h1-2,7-8,12H,3-6,16H2/t12-/m0/s1. The lowest BCUT2D eigenvalue weighted by Crippen LogP contribution is -2.27. The minimum Gasteiger partial charge on any atom is -0.395 e. The Hall–Kier alpha value is -1.40. The van der Waals surface area contributed by atoms with Gasteiger partial charge in [0.25, 0.3) is 0 Å². The highest BCUT2D eigenvalue weighted by Gasteiger charge is 2.43. The van der Waals surface area contributed by atoms with Gasteiger partial charge in [0.15, 0.2) is 11.5 Å². The number of fused-ring (bicyclic) bond motifs is 1. The second-order valence-corrected chi connectivity index (χ2v) is 4.85. The monoisotopic (exact) mass is 271 g/mol. The summed E-state index contributed by atoms with van der Waals surface area (Å²) < 4.78 is 39.9. The minimum atomic E-state index is -3.58. The van der Waals surface area contributed by atoms with Crippen LogP contribution in [0.25, 0.3) is 0 Å². The molecule has 104 valence electrons. The highest BCUT2D eigenvalue weighted by molar-refractivity contribution is 5.46. The van der Waals surface area contributed by atoms with Crippen LogP contribution in [0.3, 0.4) is 0 Å². The van der Waals surface area contributed by atoms with E-state index in [0.717, 1.165) is 18.4 Å². The van der Waals surface area contributed by atoms with Gasteiger partial charge < -0.3 is 19.9 Å². The third-order valence-corrected chi connectivity index (χ3v) is 3.58. The van der Waals surface area contributed by atoms with E-state index >= 15 is 0 Å². The highest BCUT2D eigenvalue weighted by atomic mass is 19.3. The van der Waals surface area contributed by atoms with Crippen LogP contribution in [0, 0.1) is 5.92 Å². The molecule has 1 saturated heterocycles. The zero-order chi connectivity index (χ0) is 13.5. The van der Waals surface area contributed by atoms with Crippen molar-refractivity contribution >= 4 is 0 Å². The Labute approximate surface area is 109 Å². The van der Waals surface area contributed by atoms with Crippen LogP contribution in [-0.4, -0.2) is 19.5 Å². The maximum atomic E-state index is 12.9. The molecule has 4 nitrogen and oxygen atoms in total. The maximum Gasteiger partial charge on any atom is 0.586 e. The summed E-state index contributed by atoms with van der Waals surface area (Å²) in [5, 5.41) is 0. The molecule has 0 unspecified atom stereocenters. The molecule has 1 aromatic carbocycles. The third-order valence-electron chi connectivity index (χ3n) is 3.58. The number of alkyl halides is 2. The zero-order valence-corrected chi connectivity index (χ0v) is 10.3. The quantitative estimate of drug-likeness (QED) is 0.897. The van der Waals surface area contributed by atoms with Gasteiger partial charge in [-0.1, -0.05) is 6.07 Å². The SMILES string of the molecule is N[C@H](c1ccc2c(c1)OC(F)(F)O2)C1CCOCC1. The van der Waals surface area contributed by atoms with Crippen LogP contribution in [0.5, 0.6) is 11.5 Å². The van der Waals surface area contributed by atoms with Crippen molar-refractivity contribution < 1.29 is 23.0 Å². The molecule has 0 radical (unpaired) electrons. The number of ether oxygens (including phenoxy) is 3. The number of halogens is 2. The average Bonchev–Trinajstić information content (AvgIpc) is 2.71. The van der Waals surface area contributed by atoms with Gasteiger partial charge >= 0.3 is 6.29 Å². The first-order valence-electron chi connectivity index (χ1n) is 6.28. The van der Waals surface area contributed by atoms with Gasteiger partial charge in [-0.2, -0.15) is 0 Å². The van der Waals surface area contributed by atoms with Gasteiger partial charge in [0, 0.05) is 19.3 Å². The van der Waals surface area contributed by atoms with Gasteiger partial charge in [0.2, 0.25) is 0 Å². The molecule has 2 aliphatic rings. The van der Waals surface area contributed by atoms with Crippen LogP contribution in [0.15, 0.2) is 18.2 Å². The molecule has 3 rings (SSSR count). The van der Waals surface area contributed by atoms with Crippen molar-refractivity contribution in [3.63, 3.8) is 0 Å². The Bertz CT molecular complexity index is 475. The lowest BCUT2D eigenvalue weighted by atomic mass is 9.88. The molecular formula is C13H15F2NO3. The maximum absolute atomic E-state index is 12.9. The van der Waals surface area contributed by atoms with E-state index in [0.29, 0.717) is 19.1 Å². The predicted molar refractivity (Wildman–Crippen MR) is 63.1 cm³/mol. The molecule has 0 aliphatic carbocycles. The molecule has 1 fully saturated rings. The summed E-state index contributed by atoms with van der Waals surface area (Å²) in [7, 11) is 0. The normalized spacial score (nSPS) is 23.3. The fraction of sp³-hybridized carbons (Fsp3) is 0.538. The van der Waals surface area contributed by atoms with E-state index in [1.54, 1.807) is 6.07 Å². The molecule has 2 heterocycles. The molecule has 2 aliphatic heterocycles. The first-order valence-corrected chi connectivity index (χ1v) is 6.28. The van der Waals surface area contributed by atoms with Crippen LogP contribution >= 0.6 is 0 Å². The van der Waals surface area contributed by atoms with E-state index < -0.39 is 6.29 Å². The lowest BCUT2D eigenvalue weighted by molar-refractivity contribution is -0.286. The Morgan fingerprint density at radius 2 is 1.84 bits per heavy atom. The third kappa shape index (κ3) is 2.50. The number of hydrogen-bond donors (Lipinski definition) is 1. The summed E-state index contributed by atoms with van der Waals surface area (Å²) in [5.41, 5.74) is 6.98. The van der Waals surface area contributed by atoms with Gasteiger partial charge in [-0.05, 0) is 36.5 Å². The number of hydrogen-bond acceptors (Lipinski definition) is 4. The van der Waals surface area contributed by atoms with Crippen molar-refractivity contribution in [1.29, 1.82) is 0 Å². The van der Waals surface area contributed by atoms with E-state index in [4.69, 9.17) is 10.5 Å². The van der Waals surface area contributed by atoms with Gasteiger partial charge in [0.1, 0.15) is 0 Å². The van der Waals surface area contributed by atoms with E-state index in [9.17, 15) is 8.78 Å². The van der Waals surface area contributed by atoms with Crippen molar-refractivity contribution in [2.75, 3.05) is 13.2 Å². The molecule has 6 heteroatoms. The van der Waals surface area contributed by atoms with Crippen molar-refractivity contribution in [3.05, 3.63) is 23.8 Å². The fourth-order valence-electron chi connectivity index (χ4n) is 2.52. The Kier molecular flexibility index (Phi) is 3.06. The Balaban J connectivity index is 1.79. The second-order valence-electron chi connectivity index (χ2n) is 4.85. The summed E-state index contributed by atoms with van der Waals surface area (Å²) in [5.74, 6) is 0.396. The van der Waals surface area contributed by atoms with Crippen LogP contribution in [0.4, 0.5) is 8.78 Å². The van der Waals surface area contributed by atoms with Crippen LogP contribution in [-0.2, 0) is 4.74 Å². The second kappa shape index (κ2) is 4.61. The topological polar surface area (TPSA) is 53.7 Å². The van der Waals surface area contributed by atoms with Crippen LogP contribution in [0.1, 0.15) is 24.4 Å². The first-order chi connectivity index (χ1) is 9.05. The van der Waals surface area contributed by atoms with E-state index in [-0.39, 0.29) is 17.5 Å². The van der Waals surface area contributed by atoms with Crippen molar-refractivity contribution in [1.82, 2.24) is 0 Å². The molecule has 0 aromatic heterocycles. The largest absolute Gasteiger partial charge is 0.586 e. The minimum absolute atomic E-state index is 0.0463. The Morgan fingerprint density at radius 1 is 1.16 bits per heavy atom. The number of benzene rings is 1. The number of nitrogens with two attached hydrogens (primary N) is 1. The van der Waals surface area contributed by atoms with E-state index in [1.165, 1.54) is 12.1 Å². The molecule has 1 atom stereocenters. The summed E-state index contributed by atoms with van der Waals surface area (Å²) in [6.45, 7) is 1.39. The first kappa shape index (κ1) is 12.6. The summed E-state index contributed by atoms with van der Waals surface area (Å²) in [6, 6.07) is 4.53. The molecule has 1 aromatic rings. The summed E-state index contributed by atoms with van der Waals surface area (Å²) >= 11 is 0. The highest BCUT2D eigenvalue weighted by Crippen LogP contribution is 2.42. The van der Waals surface area contributed by atoms with Gasteiger partial charge in [-0.3, -0.25) is 0 Å².